The first kappa shape index (κ1) is 22.7. The number of hydrazine groups is 1. The molecular weight excluding hydrogens is 449 g/mol. The first-order valence-electron chi connectivity index (χ1n) is 8.87. The Hall–Kier alpha value is -3.93. The lowest BCUT2D eigenvalue weighted by Gasteiger charge is -2.12. The van der Waals surface area contributed by atoms with Crippen molar-refractivity contribution in [2.24, 2.45) is 0 Å². The van der Waals surface area contributed by atoms with Crippen molar-refractivity contribution in [3.63, 3.8) is 0 Å². The lowest BCUT2D eigenvalue weighted by Crippen LogP contribution is -2.41. The molecule has 0 saturated heterocycles. The molecule has 0 unspecified atom stereocenters. The Labute approximate surface area is 180 Å². The third kappa shape index (κ3) is 5.60. The number of alkyl halides is 3. The van der Waals surface area contributed by atoms with Crippen molar-refractivity contribution in [1.29, 1.82) is 0 Å². The number of nitrogens with zero attached hydrogens (tertiary/aromatic N) is 1. The number of hydrogen-bond donors (Lipinski definition) is 3. The monoisotopic (exact) mass is 464 g/mol. The zero-order chi connectivity index (χ0) is 23.4. The minimum absolute atomic E-state index is 0.105. The van der Waals surface area contributed by atoms with E-state index in [0.717, 1.165) is 24.3 Å². The van der Waals surface area contributed by atoms with Gasteiger partial charge in [0, 0.05) is 29.2 Å². The van der Waals surface area contributed by atoms with E-state index in [1.807, 2.05) is 4.72 Å². The van der Waals surface area contributed by atoms with Gasteiger partial charge >= 0.3 is 6.18 Å². The molecule has 0 fully saturated rings. The molecule has 1 heterocycles. The summed E-state index contributed by atoms with van der Waals surface area (Å²) in [4.78, 5) is 27.7. The smallest absolute Gasteiger partial charge is 0.280 e. The number of hydrogen-bond acceptors (Lipinski definition) is 5. The molecule has 0 aliphatic rings. The Bertz CT molecular complexity index is 1250. The fourth-order valence-electron chi connectivity index (χ4n) is 2.54. The highest BCUT2D eigenvalue weighted by atomic mass is 32.2. The van der Waals surface area contributed by atoms with Crippen LogP contribution in [0.4, 0.5) is 18.9 Å². The second kappa shape index (κ2) is 9.06. The number of benzene rings is 2. The number of sulfonamides is 1. The van der Waals surface area contributed by atoms with Crippen LogP contribution in [-0.2, 0) is 16.2 Å². The third-order valence-electron chi connectivity index (χ3n) is 4.08. The van der Waals surface area contributed by atoms with E-state index in [2.05, 4.69) is 15.8 Å². The highest BCUT2D eigenvalue weighted by Gasteiger charge is 2.30. The molecule has 2 aromatic carbocycles. The molecule has 0 saturated carbocycles. The number of halogens is 3. The van der Waals surface area contributed by atoms with Crippen molar-refractivity contribution in [2.75, 3.05) is 4.72 Å². The van der Waals surface area contributed by atoms with Crippen LogP contribution in [0.1, 0.15) is 26.3 Å². The molecule has 166 valence electrons. The van der Waals surface area contributed by atoms with Crippen LogP contribution in [0.15, 0.2) is 78.0 Å². The molecule has 0 aliphatic heterocycles. The summed E-state index contributed by atoms with van der Waals surface area (Å²) in [5.41, 5.74) is 3.15. The normalized spacial score (nSPS) is 11.5. The van der Waals surface area contributed by atoms with E-state index in [4.69, 9.17) is 0 Å². The number of amides is 2. The summed E-state index contributed by atoms with van der Waals surface area (Å²) < 4.78 is 65.8. The standard InChI is InChI=1S/C20H15F3N4O4S/c21-20(22,23)15-4-2-5-16(12-15)27-32(30,31)17-6-1-3-14(11-17)19(29)26-25-18(28)13-7-9-24-10-8-13/h1-12,27H,(H,25,28)(H,26,29). The SMILES string of the molecule is O=C(NNC(=O)c1cccc(S(=O)(=O)Nc2cccc(C(F)(F)F)c2)c1)c1ccncc1. The Morgan fingerprint density at radius 3 is 2.09 bits per heavy atom. The third-order valence-corrected chi connectivity index (χ3v) is 5.46. The van der Waals surface area contributed by atoms with Crippen LogP contribution in [0, 0.1) is 0 Å². The van der Waals surface area contributed by atoms with E-state index in [1.54, 1.807) is 0 Å². The molecule has 32 heavy (non-hydrogen) atoms. The summed E-state index contributed by atoms with van der Waals surface area (Å²) in [7, 11) is -4.30. The maximum absolute atomic E-state index is 12.8. The second-order valence-electron chi connectivity index (χ2n) is 6.36. The van der Waals surface area contributed by atoms with E-state index < -0.39 is 33.6 Å². The predicted molar refractivity (Wildman–Crippen MR) is 108 cm³/mol. The second-order valence-corrected chi connectivity index (χ2v) is 8.04. The lowest BCUT2D eigenvalue weighted by molar-refractivity contribution is -0.137. The number of rotatable bonds is 5. The number of pyridine rings is 1. The molecule has 3 N–H and O–H groups in total. The minimum Gasteiger partial charge on any atom is -0.280 e. The quantitative estimate of drug-likeness (QED) is 0.502. The summed E-state index contributed by atoms with van der Waals surface area (Å²) in [6.07, 6.45) is -1.86. The Kier molecular flexibility index (Phi) is 6.44. The molecule has 2 amide bonds. The predicted octanol–water partition coefficient (Wildman–Crippen LogP) is 2.98. The van der Waals surface area contributed by atoms with Crippen molar-refractivity contribution in [1.82, 2.24) is 15.8 Å². The molecule has 1 aromatic heterocycles. The molecule has 3 rings (SSSR count). The lowest BCUT2D eigenvalue weighted by atomic mass is 10.2. The highest BCUT2D eigenvalue weighted by molar-refractivity contribution is 7.92. The fraction of sp³-hybridized carbons (Fsp3) is 0.0500. The largest absolute Gasteiger partial charge is 0.416 e. The van der Waals surface area contributed by atoms with E-state index in [0.29, 0.717) is 6.07 Å². The van der Waals surface area contributed by atoms with Gasteiger partial charge in [-0.05, 0) is 48.5 Å². The molecule has 0 aliphatic carbocycles. The molecule has 12 heteroatoms. The number of nitrogens with one attached hydrogen (secondary N) is 3. The topological polar surface area (TPSA) is 117 Å². The number of carbonyl (C=O) groups is 2. The maximum atomic E-state index is 12.8. The van der Waals surface area contributed by atoms with Crippen molar-refractivity contribution >= 4 is 27.5 Å². The number of aromatic nitrogens is 1. The van der Waals surface area contributed by atoms with Crippen molar-refractivity contribution in [3.05, 3.63) is 89.7 Å². The van der Waals surface area contributed by atoms with Gasteiger partial charge in [0.25, 0.3) is 21.8 Å². The van der Waals surface area contributed by atoms with Gasteiger partial charge in [-0.15, -0.1) is 0 Å². The molecule has 0 spiro atoms. The molecule has 0 radical (unpaired) electrons. The van der Waals surface area contributed by atoms with Crippen molar-refractivity contribution < 1.29 is 31.2 Å². The van der Waals surface area contributed by atoms with Crippen LogP contribution in [0.5, 0.6) is 0 Å². The van der Waals surface area contributed by atoms with E-state index in [9.17, 15) is 31.2 Å². The molecule has 8 nitrogen and oxygen atoms in total. The Morgan fingerprint density at radius 1 is 0.812 bits per heavy atom. The van der Waals surface area contributed by atoms with Gasteiger partial charge in [-0.1, -0.05) is 12.1 Å². The van der Waals surface area contributed by atoms with Crippen molar-refractivity contribution in [2.45, 2.75) is 11.1 Å². The summed E-state index contributed by atoms with van der Waals surface area (Å²) in [6.45, 7) is 0. The summed E-state index contributed by atoms with van der Waals surface area (Å²) in [5.74, 6) is -1.42. The van der Waals surface area contributed by atoms with Crippen LogP contribution >= 0.6 is 0 Å². The number of anilines is 1. The van der Waals surface area contributed by atoms with Crippen LogP contribution in [0.3, 0.4) is 0 Å². The van der Waals surface area contributed by atoms with E-state index >= 15 is 0 Å². The van der Waals surface area contributed by atoms with E-state index in [-0.39, 0.29) is 21.7 Å². The average Bonchev–Trinajstić information content (AvgIpc) is 2.77. The maximum Gasteiger partial charge on any atom is 0.416 e. The van der Waals surface area contributed by atoms with Gasteiger partial charge in [-0.2, -0.15) is 13.2 Å². The van der Waals surface area contributed by atoms with Gasteiger partial charge in [0.15, 0.2) is 0 Å². The zero-order valence-electron chi connectivity index (χ0n) is 16.1. The zero-order valence-corrected chi connectivity index (χ0v) is 16.9. The summed E-state index contributed by atoms with van der Waals surface area (Å²) in [5, 5.41) is 0. The average molecular weight is 464 g/mol. The van der Waals surface area contributed by atoms with Crippen molar-refractivity contribution in [3.8, 4) is 0 Å². The first-order valence-corrected chi connectivity index (χ1v) is 10.4. The molecule has 0 bridgehead atoms. The van der Waals surface area contributed by atoms with Gasteiger partial charge in [-0.3, -0.25) is 30.1 Å². The Morgan fingerprint density at radius 2 is 1.44 bits per heavy atom. The van der Waals surface area contributed by atoms with Gasteiger partial charge in [0.1, 0.15) is 0 Å². The molecular formula is C20H15F3N4O4S. The first-order chi connectivity index (χ1) is 15.1. The summed E-state index contributed by atoms with van der Waals surface area (Å²) >= 11 is 0. The molecule has 0 atom stereocenters. The van der Waals surface area contributed by atoms with Crippen LogP contribution in [-0.4, -0.2) is 25.2 Å². The fourth-order valence-corrected chi connectivity index (χ4v) is 3.63. The number of carbonyl (C=O) groups excluding carboxylic acids is 2. The van der Waals surface area contributed by atoms with Crippen LogP contribution in [0.2, 0.25) is 0 Å². The van der Waals surface area contributed by atoms with Gasteiger partial charge in [-0.25, -0.2) is 8.42 Å². The van der Waals surface area contributed by atoms with Crippen LogP contribution in [0.25, 0.3) is 0 Å². The summed E-state index contributed by atoms with van der Waals surface area (Å²) in [6, 6.07) is 11.3. The van der Waals surface area contributed by atoms with Gasteiger partial charge in [0.2, 0.25) is 0 Å². The van der Waals surface area contributed by atoms with Gasteiger partial charge in [0.05, 0.1) is 10.5 Å². The van der Waals surface area contributed by atoms with E-state index in [1.165, 1.54) is 42.7 Å². The minimum atomic E-state index is -4.64. The van der Waals surface area contributed by atoms with Gasteiger partial charge < -0.3 is 0 Å². The Balaban J connectivity index is 1.73. The highest BCUT2D eigenvalue weighted by Crippen LogP contribution is 2.31. The van der Waals surface area contributed by atoms with Crippen LogP contribution < -0.4 is 15.6 Å². The molecule has 3 aromatic rings.